The van der Waals surface area contributed by atoms with Crippen LogP contribution in [0.4, 0.5) is 0 Å². The lowest BCUT2D eigenvalue weighted by atomic mass is 9.86. The fraction of sp³-hybridized carbons (Fsp3) is 0.688. The fourth-order valence-electron chi connectivity index (χ4n) is 3.77. The van der Waals surface area contributed by atoms with Crippen molar-refractivity contribution in [1.29, 1.82) is 0 Å². The molecule has 1 aromatic heterocycles. The van der Waals surface area contributed by atoms with Gasteiger partial charge in [-0.3, -0.25) is 4.79 Å². The molecule has 2 aliphatic rings. The topological polar surface area (TPSA) is 37.9 Å². The molecule has 2 atom stereocenters. The minimum atomic E-state index is 0.0473. The number of rotatable bonds is 2. The van der Waals surface area contributed by atoms with Gasteiger partial charge in [0.15, 0.2) is 5.76 Å². The molecule has 1 saturated carbocycles. The lowest BCUT2D eigenvalue weighted by Crippen LogP contribution is -3.18. The summed E-state index contributed by atoms with van der Waals surface area (Å²) in [6.45, 7) is 6.27. The third kappa shape index (κ3) is 2.90. The maximum Gasteiger partial charge on any atom is 0.289 e. The molecule has 3 rings (SSSR count). The number of hydrogen-bond donors (Lipinski definition) is 1. The summed E-state index contributed by atoms with van der Waals surface area (Å²) in [6, 6.07) is 4.35. The largest absolute Gasteiger partial charge is 0.459 e. The first-order chi connectivity index (χ1) is 9.74. The Morgan fingerprint density at radius 1 is 1.35 bits per heavy atom. The molecule has 1 aliphatic carbocycles. The van der Waals surface area contributed by atoms with Gasteiger partial charge >= 0.3 is 0 Å². The second kappa shape index (κ2) is 6.00. The molecule has 1 aromatic rings. The van der Waals surface area contributed by atoms with Crippen LogP contribution >= 0.6 is 0 Å². The molecule has 0 radical (unpaired) electrons. The van der Waals surface area contributed by atoms with Crippen molar-refractivity contribution in [2.45, 2.75) is 38.6 Å². The minimum absolute atomic E-state index is 0.0473. The molecular formula is C16H25N2O2+. The van der Waals surface area contributed by atoms with Crippen LogP contribution in [0.1, 0.15) is 43.2 Å². The Bertz CT molecular complexity index is 435. The predicted molar refractivity (Wildman–Crippen MR) is 76.7 cm³/mol. The van der Waals surface area contributed by atoms with Gasteiger partial charge in [0.1, 0.15) is 0 Å². The molecule has 1 saturated heterocycles. The molecule has 20 heavy (non-hydrogen) atoms. The summed E-state index contributed by atoms with van der Waals surface area (Å²) >= 11 is 0. The van der Waals surface area contributed by atoms with Gasteiger partial charge < -0.3 is 14.2 Å². The number of nitrogens with one attached hydrogen (secondary N) is 1. The quantitative estimate of drug-likeness (QED) is 0.882. The van der Waals surface area contributed by atoms with E-state index in [2.05, 4.69) is 6.92 Å². The van der Waals surface area contributed by atoms with Crippen molar-refractivity contribution in [2.24, 2.45) is 5.92 Å². The number of carbonyl (C=O) groups excluding carboxylic acids is 1. The highest BCUT2D eigenvalue weighted by atomic mass is 16.3. The second-order valence-corrected chi connectivity index (χ2v) is 6.40. The highest BCUT2D eigenvalue weighted by Crippen LogP contribution is 2.22. The van der Waals surface area contributed by atoms with E-state index in [1.807, 2.05) is 4.90 Å². The molecule has 1 aliphatic heterocycles. The Hall–Kier alpha value is -1.29. The van der Waals surface area contributed by atoms with Crippen LogP contribution in [-0.2, 0) is 0 Å². The summed E-state index contributed by atoms with van der Waals surface area (Å²) in [5.41, 5.74) is 0. The van der Waals surface area contributed by atoms with Gasteiger partial charge in [0.05, 0.1) is 38.5 Å². The zero-order valence-corrected chi connectivity index (χ0v) is 12.3. The standard InChI is InChI=1S/C16H24N2O2/c1-13-4-2-5-14(12-13)17-7-9-18(10-8-17)16(19)15-6-3-11-20-15/h3,6,11,13-14H,2,4-5,7-10,12H2,1H3/p+1/t13-,14-/m0/s1. The monoisotopic (exact) mass is 277 g/mol. The maximum atomic E-state index is 12.2. The van der Waals surface area contributed by atoms with Crippen LogP contribution in [0.15, 0.2) is 22.8 Å². The molecule has 0 aromatic carbocycles. The van der Waals surface area contributed by atoms with E-state index in [0.29, 0.717) is 5.76 Å². The van der Waals surface area contributed by atoms with Crippen LogP contribution in [0.2, 0.25) is 0 Å². The second-order valence-electron chi connectivity index (χ2n) is 6.40. The van der Waals surface area contributed by atoms with Gasteiger partial charge in [0.2, 0.25) is 0 Å². The SMILES string of the molecule is C[C@H]1CCC[C@H]([NH+]2CCN(C(=O)c3ccco3)CC2)C1. The van der Waals surface area contributed by atoms with Crippen molar-refractivity contribution < 1.29 is 14.1 Å². The van der Waals surface area contributed by atoms with Crippen LogP contribution in [0, 0.1) is 5.92 Å². The normalized spacial score (nSPS) is 28.6. The highest BCUT2D eigenvalue weighted by molar-refractivity contribution is 5.91. The van der Waals surface area contributed by atoms with Gasteiger partial charge in [0, 0.05) is 6.42 Å². The predicted octanol–water partition coefficient (Wildman–Crippen LogP) is 1.20. The lowest BCUT2D eigenvalue weighted by Gasteiger charge is -2.39. The van der Waals surface area contributed by atoms with E-state index in [1.165, 1.54) is 25.7 Å². The Morgan fingerprint density at radius 2 is 2.15 bits per heavy atom. The van der Waals surface area contributed by atoms with E-state index in [9.17, 15) is 4.79 Å². The molecule has 0 spiro atoms. The van der Waals surface area contributed by atoms with Crippen molar-refractivity contribution in [2.75, 3.05) is 26.2 Å². The van der Waals surface area contributed by atoms with Crippen molar-refractivity contribution >= 4 is 5.91 Å². The summed E-state index contributed by atoms with van der Waals surface area (Å²) in [6.07, 6.45) is 7.07. The molecular weight excluding hydrogens is 252 g/mol. The van der Waals surface area contributed by atoms with Gasteiger partial charge in [-0.2, -0.15) is 0 Å². The summed E-state index contributed by atoms with van der Waals surface area (Å²) in [4.78, 5) is 15.9. The van der Waals surface area contributed by atoms with Crippen LogP contribution in [0.25, 0.3) is 0 Å². The third-order valence-electron chi connectivity index (χ3n) is 4.94. The molecule has 0 unspecified atom stereocenters. The molecule has 1 amide bonds. The summed E-state index contributed by atoms with van der Waals surface area (Å²) in [5, 5.41) is 0. The molecule has 1 N–H and O–H groups in total. The Kier molecular flexibility index (Phi) is 4.10. The number of hydrogen-bond acceptors (Lipinski definition) is 2. The van der Waals surface area contributed by atoms with Crippen LogP contribution in [0.5, 0.6) is 0 Å². The average Bonchev–Trinajstić information content (AvgIpc) is 3.01. The van der Waals surface area contributed by atoms with Gasteiger partial charge in [0.25, 0.3) is 5.91 Å². The summed E-state index contributed by atoms with van der Waals surface area (Å²) < 4.78 is 5.21. The van der Waals surface area contributed by atoms with E-state index in [-0.39, 0.29) is 5.91 Å². The molecule has 4 nitrogen and oxygen atoms in total. The van der Waals surface area contributed by atoms with Crippen LogP contribution in [0.3, 0.4) is 0 Å². The zero-order valence-electron chi connectivity index (χ0n) is 12.3. The van der Waals surface area contributed by atoms with E-state index in [1.54, 1.807) is 23.3 Å². The minimum Gasteiger partial charge on any atom is -0.459 e. The molecule has 4 heteroatoms. The van der Waals surface area contributed by atoms with E-state index in [0.717, 1.165) is 38.1 Å². The number of amides is 1. The van der Waals surface area contributed by atoms with Crippen molar-refractivity contribution in [3.63, 3.8) is 0 Å². The Balaban J connectivity index is 1.53. The summed E-state index contributed by atoms with van der Waals surface area (Å²) in [5.74, 6) is 1.40. The van der Waals surface area contributed by atoms with Gasteiger partial charge in [-0.25, -0.2) is 0 Å². The lowest BCUT2D eigenvalue weighted by molar-refractivity contribution is -0.930. The number of quaternary nitrogens is 1. The smallest absolute Gasteiger partial charge is 0.289 e. The number of piperazine rings is 1. The molecule has 0 bridgehead atoms. The fourth-order valence-corrected chi connectivity index (χ4v) is 3.77. The van der Waals surface area contributed by atoms with Crippen molar-refractivity contribution in [3.8, 4) is 0 Å². The average molecular weight is 277 g/mol. The number of furan rings is 1. The van der Waals surface area contributed by atoms with Crippen molar-refractivity contribution in [1.82, 2.24) is 4.90 Å². The van der Waals surface area contributed by atoms with E-state index < -0.39 is 0 Å². The number of carbonyl (C=O) groups is 1. The zero-order chi connectivity index (χ0) is 13.9. The van der Waals surface area contributed by atoms with E-state index >= 15 is 0 Å². The van der Waals surface area contributed by atoms with E-state index in [4.69, 9.17) is 4.42 Å². The van der Waals surface area contributed by atoms with Crippen LogP contribution in [-0.4, -0.2) is 43.0 Å². The number of nitrogens with zero attached hydrogens (tertiary/aromatic N) is 1. The maximum absolute atomic E-state index is 12.2. The highest BCUT2D eigenvalue weighted by Gasteiger charge is 2.32. The summed E-state index contributed by atoms with van der Waals surface area (Å²) in [7, 11) is 0. The molecule has 2 fully saturated rings. The Labute approximate surface area is 120 Å². The van der Waals surface area contributed by atoms with Gasteiger partial charge in [-0.15, -0.1) is 0 Å². The third-order valence-corrected chi connectivity index (χ3v) is 4.94. The van der Waals surface area contributed by atoms with Crippen molar-refractivity contribution in [3.05, 3.63) is 24.2 Å². The molecule has 110 valence electrons. The first-order valence-corrected chi connectivity index (χ1v) is 7.91. The first kappa shape index (κ1) is 13.7. The van der Waals surface area contributed by atoms with Crippen LogP contribution < -0.4 is 4.90 Å². The Morgan fingerprint density at radius 3 is 2.80 bits per heavy atom. The first-order valence-electron chi connectivity index (χ1n) is 7.91. The van der Waals surface area contributed by atoms with Gasteiger partial charge in [-0.1, -0.05) is 13.3 Å². The van der Waals surface area contributed by atoms with Gasteiger partial charge in [-0.05, 0) is 30.9 Å². The molecule has 2 heterocycles.